The highest BCUT2D eigenvalue weighted by molar-refractivity contribution is 5.76. The Labute approximate surface area is 408 Å². The summed E-state index contributed by atoms with van der Waals surface area (Å²) in [6.07, 6.45) is 16.3. The number of carbonyl (C=O) groups is 3. The minimum Gasteiger partial charge on any atom is -0.493 e. The van der Waals surface area contributed by atoms with E-state index in [0.29, 0.717) is 75.2 Å². The molecule has 4 aliphatic rings. The van der Waals surface area contributed by atoms with Crippen molar-refractivity contribution in [2.75, 3.05) is 53.0 Å². The lowest BCUT2D eigenvalue weighted by molar-refractivity contribution is -0.385. The van der Waals surface area contributed by atoms with E-state index in [-0.39, 0.29) is 78.7 Å². The summed E-state index contributed by atoms with van der Waals surface area (Å²) in [5, 5.41) is 26.2. The second-order valence-corrected chi connectivity index (χ2v) is 21.1. The van der Waals surface area contributed by atoms with Crippen molar-refractivity contribution in [3.05, 3.63) is 51.4 Å². The van der Waals surface area contributed by atoms with Crippen molar-refractivity contribution in [3.8, 4) is 11.5 Å². The Kier molecular flexibility index (Phi) is 19.3. The summed E-state index contributed by atoms with van der Waals surface area (Å²) in [6, 6.07) is 2.71. The molecule has 1 aromatic heterocycles. The number of nitrogens with zero attached hydrogens (tertiary/aromatic N) is 5. The summed E-state index contributed by atoms with van der Waals surface area (Å²) in [5.41, 5.74) is 13.4. The molecule has 0 unspecified atom stereocenters. The van der Waals surface area contributed by atoms with Crippen molar-refractivity contribution >= 4 is 23.7 Å². The number of nitro groups is 1. The zero-order chi connectivity index (χ0) is 49.7. The average molecular weight is 964 g/mol. The van der Waals surface area contributed by atoms with E-state index in [1.54, 1.807) is 10.9 Å². The number of benzene rings is 1. The van der Waals surface area contributed by atoms with Gasteiger partial charge in [-0.3, -0.25) is 24.6 Å². The van der Waals surface area contributed by atoms with Crippen molar-refractivity contribution in [1.29, 1.82) is 0 Å². The number of amides is 2. The van der Waals surface area contributed by atoms with Crippen LogP contribution in [0.15, 0.2) is 30.0 Å². The van der Waals surface area contributed by atoms with Crippen LogP contribution >= 0.6 is 0 Å². The van der Waals surface area contributed by atoms with Crippen LogP contribution in [0.4, 0.5) is 10.5 Å². The summed E-state index contributed by atoms with van der Waals surface area (Å²) in [4.78, 5) is 51.4. The molecular weight excluding hydrogens is 883 g/mol. The number of hydrogen-bond acceptors (Lipinski definition) is 14. The van der Waals surface area contributed by atoms with Crippen LogP contribution in [0.2, 0.25) is 0 Å². The number of fused-ring (bicyclic) bond motifs is 5. The van der Waals surface area contributed by atoms with Crippen molar-refractivity contribution in [2.45, 2.75) is 144 Å². The first kappa shape index (κ1) is 53.5. The molecule has 0 radical (unpaired) electrons. The fraction of sp³-hybridized carbons (Fsp3) is 0.745. The first-order chi connectivity index (χ1) is 33.1. The fourth-order valence-corrected chi connectivity index (χ4v) is 12.6. The third-order valence-corrected chi connectivity index (χ3v) is 16.2. The van der Waals surface area contributed by atoms with E-state index in [1.807, 2.05) is 4.90 Å². The highest BCUT2D eigenvalue weighted by Crippen LogP contribution is 2.67. The SMILES string of the molecule is COc1cc(COC(=O)O[C@H]2CC[C@@]3(C)C(=CC[C@H]4[C@@H]5CC[C@H]([C@H](C)CCCC(C)C)[C@@]5(C)CC[C@@H]43)C2)c([N+](=O)[O-])cc1OCCn1cc(CN(CCC(=O)NCCN)CCC(=O)NCCN)nn1. The molecule has 0 spiro atoms. The normalized spacial score (nSPS) is 25.5. The first-order valence-corrected chi connectivity index (χ1v) is 25.6. The Morgan fingerprint density at radius 1 is 0.971 bits per heavy atom. The summed E-state index contributed by atoms with van der Waals surface area (Å²) in [7, 11) is 1.43. The zero-order valence-corrected chi connectivity index (χ0v) is 42.2. The maximum absolute atomic E-state index is 13.2. The Morgan fingerprint density at radius 3 is 2.36 bits per heavy atom. The highest BCUT2D eigenvalue weighted by atomic mass is 16.7. The maximum atomic E-state index is 13.2. The first-order valence-electron chi connectivity index (χ1n) is 25.6. The third-order valence-electron chi connectivity index (χ3n) is 16.2. The molecule has 18 nitrogen and oxygen atoms in total. The van der Waals surface area contributed by atoms with Crippen LogP contribution in [0.5, 0.6) is 11.5 Å². The van der Waals surface area contributed by atoms with Gasteiger partial charge in [0, 0.05) is 71.3 Å². The molecule has 1 heterocycles. The molecule has 0 saturated heterocycles. The van der Waals surface area contributed by atoms with Gasteiger partial charge in [0.1, 0.15) is 19.3 Å². The van der Waals surface area contributed by atoms with Crippen LogP contribution in [0.25, 0.3) is 0 Å². The van der Waals surface area contributed by atoms with Gasteiger partial charge in [0.25, 0.3) is 5.69 Å². The van der Waals surface area contributed by atoms with Crippen LogP contribution in [-0.2, 0) is 38.8 Å². The van der Waals surface area contributed by atoms with Gasteiger partial charge >= 0.3 is 6.16 Å². The zero-order valence-electron chi connectivity index (χ0n) is 42.2. The summed E-state index contributed by atoms with van der Waals surface area (Å²) >= 11 is 0. The number of nitrogens with two attached hydrogens (primary N) is 2. The standard InChI is InChI=1S/C51H81N9O9/c1-34(2)8-7-9-35(3)41-12-13-42-40-11-10-37-29-39(14-18-50(37,4)43(40)15-19-51(41,42)5)69-49(63)68-33-36-28-45(66-6)46(30-44(36)60(64)65)67-27-26-59-32-38(56-57-59)31-58(24-16-47(61)54-22-20-52)25-17-48(62)55-23-21-53/h10,28,30,32,34-35,39-43H,7-9,11-27,29,31,33,52-53H2,1-6H3,(H,54,61)(H,55,62)/t35-,39+,40+,41-,42+,43+,50+,51-/m1/s1. The van der Waals surface area contributed by atoms with Gasteiger partial charge in [-0.05, 0) is 97.3 Å². The van der Waals surface area contributed by atoms with E-state index in [4.69, 9.17) is 30.4 Å². The second kappa shape index (κ2) is 24.8. The number of aromatic nitrogens is 3. The van der Waals surface area contributed by atoms with Gasteiger partial charge < -0.3 is 41.0 Å². The van der Waals surface area contributed by atoms with Crippen LogP contribution < -0.4 is 31.6 Å². The lowest BCUT2D eigenvalue weighted by Gasteiger charge is -2.58. The summed E-state index contributed by atoms with van der Waals surface area (Å²) < 4.78 is 24.5. The predicted octanol–water partition coefficient (Wildman–Crippen LogP) is 7.07. The molecule has 69 heavy (non-hydrogen) atoms. The molecule has 4 aliphatic carbocycles. The van der Waals surface area contributed by atoms with E-state index in [1.165, 1.54) is 69.8 Å². The summed E-state index contributed by atoms with van der Waals surface area (Å²) in [6.45, 7) is 14.8. The largest absolute Gasteiger partial charge is 0.508 e. The molecule has 18 heteroatoms. The Bertz CT molecular complexity index is 2060. The Morgan fingerprint density at radius 2 is 1.70 bits per heavy atom. The van der Waals surface area contributed by atoms with Crippen LogP contribution in [-0.4, -0.2) is 102 Å². The van der Waals surface area contributed by atoms with Crippen molar-refractivity contribution in [1.82, 2.24) is 30.5 Å². The number of rotatable bonds is 26. The number of nitrogens with one attached hydrogen (secondary N) is 2. The molecule has 8 atom stereocenters. The number of methoxy groups -OCH3 is 1. The Hall–Kier alpha value is -4.81. The molecule has 1 aromatic carbocycles. The number of allylic oxidation sites excluding steroid dienone is 1. The molecule has 6 N–H and O–H groups in total. The molecule has 2 aromatic rings. The van der Waals surface area contributed by atoms with Gasteiger partial charge in [-0.1, -0.05) is 70.7 Å². The number of carbonyl (C=O) groups excluding carboxylic acids is 3. The third kappa shape index (κ3) is 13.7. The minimum atomic E-state index is -0.851. The van der Waals surface area contributed by atoms with Gasteiger partial charge in [0.2, 0.25) is 11.8 Å². The van der Waals surface area contributed by atoms with Gasteiger partial charge in [-0.15, -0.1) is 5.10 Å². The lowest BCUT2D eigenvalue weighted by Crippen LogP contribution is -2.51. The molecule has 384 valence electrons. The quantitative estimate of drug-likeness (QED) is 0.0319. The van der Waals surface area contributed by atoms with Gasteiger partial charge in [0.15, 0.2) is 11.5 Å². The lowest BCUT2D eigenvalue weighted by atomic mass is 9.47. The molecule has 2 amide bonds. The number of hydrogen-bond donors (Lipinski definition) is 4. The summed E-state index contributed by atoms with van der Waals surface area (Å²) in [5.74, 6) is 4.58. The van der Waals surface area contributed by atoms with E-state index in [0.717, 1.165) is 42.9 Å². The van der Waals surface area contributed by atoms with Crippen molar-refractivity contribution in [3.63, 3.8) is 0 Å². The fourth-order valence-electron chi connectivity index (χ4n) is 12.6. The van der Waals surface area contributed by atoms with E-state index in [2.05, 4.69) is 61.6 Å². The minimum absolute atomic E-state index is 0.0709. The topological polar surface area (TPSA) is 241 Å². The maximum Gasteiger partial charge on any atom is 0.508 e. The van der Waals surface area contributed by atoms with Gasteiger partial charge in [-0.25, -0.2) is 9.48 Å². The molecular formula is C51H81N9O9. The predicted molar refractivity (Wildman–Crippen MR) is 262 cm³/mol. The van der Waals surface area contributed by atoms with Gasteiger partial charge in [0.05, 0.1) is 35.9 Å². The van der Waals surface area contributed by atoms with Crippen molar-refractivity contribution < 1.29 is 38.3 Å². The number of ether oxygens (including phenoxy) is 4. The molecule has 3 saturated carbocycles. The second-order valence-electron chi connectivity index (χ2n) is 21.1. The van der Waals surface area contributed by atoms with E-state index < -0.39 is 11.1 Å². The van der Waals surface area contributed by atoms with Gasteiger partial charge in [-0.2, -0.15) is 0 Å². The van der Waals surface area contributed by atoms with Crippen molar-refractivity contribution in [2.24, 2.45) is 57.8 Å². The van der Waals surface area contributed by atoms with E-state index >= 15 is 0 Å². The monoisotopic (exact) mass is 964 g/mol. The smallest absolute Gasteiger partial charge is 0.493 e. The Balaban J connectivity index is 0.992. The van der Waals surface area contributed by atoms with E-state index in [9.17, 15) is 24.5 Å². The molecule has 6 rings (SSSR count). The molecule has 0 aliphatic heterocycles. The van der Waals surface area contributed by atoms with Crippen LogP contribution in [0.3, 0.4) is 0 Å². The molecule has 0 bridgehead atoms. The van der Waals surface area contributed by atoms with Crippen LogP contribution in [0.1, 0.15) is 129 Å². The number of nitro benzene ring substituents is 1. The average Bonchev–Trinajstić information content (AvgIpc) is 3.93. The van der Waals surface area contributed by atoms with Crippen LogP contribution in [0, 0.1) is 56.5 Å². The molecule has 3 fully saturated rings. The highest BCUT2D eigenvalue weighted by Gasteiger charge is 2.59.